The number of rotatable bonds is 0. The van der Waals surface area contributed by atoms with Gasteiger partial charge in [-0.25, -0.2) is 0 Å². The van der Waals surface area contributed by atoms with Gasteiger partial charge in [0.15, 0.2) is 0 Å². The van der Waals surface area contributed by atoms with Crippen LogP contribution in [0.4, 0.5) is 0 Å². The van der Waals surface area contributed by atoms with Crippen LogP contribution >= 0.6 is 0 Å². The van der Waals surface area contributed by atoms with Gasteiger partial charge in [-0.1, -0.05) is 0 Å². The monoisotopic (exact) mass is 177 g/mol. The average molecular weight is 177 g/mol. The molecule has 0 saturated heterocycles. The van der Waals surface area contributed by atoms with E-state index in [0.29, 0.717) is 0 Å². The Balaban J connectivity index is -0.0000000105. The molecule has 0 aromatic heterocycles. The zero-order chi connectivity index (χ0) is 4.71. The van der Waals surface area contributed by atoms with Crippen molar-refractivity contribution in [2.75, 3.05) is 7.05 Å². The van der Waals surface area contributed by atoms with Gasteiger partial charge in [0.1, 0.15) is 0 Å². The van der Waals surface area contributed by atoms with Gasteiger partial charge in [0.05, 0.1) is 0 Å². The first-order valence-electron chi connectivity index (χ1n) is 1.20. The van der Waals surface area contributed by atoms with Crippen molar-refractivity contribution in [2.24, 2.45) is 0 Å². The molecule has 0 fully saturated rings. The van der Waals surface area contributed by atoms with Crippen molar-refractivity contribution in [1.29, 1.82) is 0 Å². The Kier molecular flexibility index (Phi) is 265. The van der Waals surface area contributed by atoms with Crippen molar-refractivity contribution in [1.82, 2.24) is 0 Å². The molecule has 0 atom stereocenters. The van der Waals surface area contributed by atoms with Crippen LogP contribution in [0.3, 0.4) is 0 Å². The third kappa shape index (κ3) is 280. The van der Waals surface area contributed by atoms with Crippen molar-refractivity contribution < 1.29 is 37.5 Å². The molecule has 7 heavy (non-hydrogen) atoms. The van der Waals surface area contributed by atoms with Crippen LogP contribution in [0.5, 0.6) is 0 Å². The predicted octanol–water partition coefficient (Wildman–Crippen LogP) is 1.23. The summed E-state index contributed by atoms with van der Waals surface area (Å²) >= 11 is 0. The second kappa shape index (κ2) is 73.6. The minimum Gasteiger partial charge on any atom is -0.680 e. The van der Waals surface area contributed by atoms with Crippen LogP contribution in [0.15, 0.2) is 0 Å². The van der Waals surface area contributed by atoms with E-state index in [1.165, 1.54) is 20.3 Å². The van der Waals surface area contributed by atoms with Gasteiger partial charge in [-0.2, -0.15) is 14.0 Å². The first kappa shape index (κ1) is 25.2. The molecule has 0 heterocycles. The third-order valence-corrected chi connectivity index (χ3v) is 0. The molecule has 0 aliphatic rings. The minimum atomic E-state index is 0. The van der Waals surface area contributed by atoms with Gasteiger partial charge in [0.2, 0.25) is 0 Å². The van der Waals surface area contributed by atoms with Gasteiger partial charge >= 0.3 is 32.7 Å². The molecule has 2 nitrogen and oxygen atoms in total. The van der Waals surface area contributed by atoms with Crippen molar-refractivity contribution in [3.05, 3.63) is 13.2 Å². The fourth-order valence-corrected chi connectivity index (χ4v) is 0. The summed E-state index contributed by atoms with van der Waals surface area (Å²) in [6.07, 6.45) is 1.50. The predicted molar refractivity (Wildman–Crippen MR) is 28.0 cm³/mol. The van der Waals surface area contributed by atoms with Crippen molar-refractivity contribution in [3.63, 3.8) is 0 Å². The Hall–Kier alpha value is 0.734. The molecule has 0 bridgehead atoms. The molecule has 1 N–H and O–H groups in total. The molecule has 40 valence electrons. The fourth-order valence-electron chi connectivity index (χ4n) is 0. The van der Waals surface area contributed by atoms with Gasteiger partial charge in [-0.05, 0) is 0 Å². The second-order valence-electron chi connectivity index (χ2n) is 0.204. The van der Waals surface area contributed by atoms with E-state index in [9.17, 15) is 0 Å². The van der Waals surface area contributed by atoms with E-state index in [1.807, 2.05) is 0 Å². The Morgan fingerprint density at radius 1 is 1.43 bits per heavy atom. The maximum atomic E-state index is 8.68. The molecule has 0 radical (unpaired) electrons. The molecule has 0 aromatic carbocycles. The van der Waals surface area contributed by atoms with Gasteiger partial charge in [-0.15, -0.1) is 0 Å². The Morgan fingerprint density at radius 2 is 1.43 bits per heavy atom. The van der Waals surface area contributed by atoms with Crippen molar-refractivity contribution >= 4 is 6.29 Å². The first-order valence-corrected chi connectivity index (χ1v) is 1.20. The van der Waals surface area contributed by atoms with Gasteiger partial charge < -0.3 is 18.0 Å². The molecule has 0 spiro atoms. The van der Waals surface area contributed by atoms with Gasteiger partial charge in [-0.3, -0.25) is 6.29 Å². The van der Waals surface area contributed by atoms with Crippen LogP contribution in [0.2, 0.25) is 0 Å². The van der Waals surface area contributed by atoms with E-state index < -0.39 is 0 Å². The summed E-state index contributed by atoms with van der Waals surface area (Å²) < 4.78 is 0. The number of hydrogen-bond donors (Lipinski definition) is 0. The molecule has 0 amide bonds. The molecular formula is C4H10NOY. The summed E-state index contributed by atoms with van der Waals surface area (Å²) in [5, 5.41) is 0. The minimum absolute atomic E-state index is 0. The van der Waals surface area contributed by atoms with Crippen LogP contribution in [-0.4, -0.2) is 13.3 Å². The summed E-state index contributed by atoms with van der Waals surface area (Å²) in [5.41, 5.74) is 5.75. The molecule has 0 aliphatic heterocycles. The van der Waals surface area contributed by atoms with Crippen LogP contribution in [0.25, 0.3) is 5.73 Å². The van der Waals surface area contributed by atoms with Crippen LogP contribution in [0.1, 0.15) is 6.92 Å². The van der Waals surface area contributed by atoms with Crippen LogP contribution in [-0.2, 0) is 37.5 Å². The Morgan fingerprint density at radius 3 is 1.43 bits per heavy atom. The SMILES string of the molecule is C[C-]=O.C[NH-].[CH3-].[Y+3]. The maximum absolute atomic E-state index is 8.68. The van der Waals surface area contributed by atoms with E-state index in [2.05, 4.69) is 0 Å². The second-order valence-corrected chi connectivity index (χ2v) is 0.204. The van der Waals surface area contributed by atoms with Crippen molar-refractivity contribution in [3.8, 4) is 0 Å². The Labute approximate surface area is 70.7 Å². The summed E-state index contributed by atoms with van der Waals surface area (Å²) in [7, 11) is 1.25. The fraction of sp³-hybridized carbons (Fsp3) is 0.500. The normalized spacial score (nSPS) is 2.71. The number of hydrogen-bond acceptors (Lipinski definition) is 1. The van der Waals surface area contributed by atoms with Crippen LogP contribution < -0.4 is 0 Å². The molecular weight excluding hydrogens is 167 g/mol. The zero-order valence-electron chi connectivity index (χ0n) is 4.99. The summed E-state index contributed by atoms with van der Waals surface area (Å²) in [6.45, 7) is 1.32. The molecule has 3 heteroatoms. The molecule has 0 rings (SSSR count). The third-order valence-electron chi connectivity index (χ3n) is 0. The zero-order valence-corrected chi connectivity index (χ0v) is 7.82. The molecule has 0 aliphatic carbocycles. The smallest absolute Gasteiger partial charge is 0.680 e. The summed E-state index contributed by atoms with van der Waals surface area (Å²) in [5.74, 6) is 0. The number of carbonyl (C=O) groups excluding carboxylic acids is 1. The Bertz CT molecular complexity index is 19.2. The number of nitrogens with one attached hydrogen (secondary N) is 1. The van der Waals surface area contributed by atoms with Crippen LogP contribution in [0, 0.1) is 7.43 Å². The maximum Gasteiger partial charge on any atom is 3.00 e. The van der Waals surface area contributed by atoms with Crippen molar-refractivity contribution in [2.45, 2.75) is 6.92 Å². The summed E-state index contributed by atoms with van der Waals surface area (Å²) in [4.78, 5) is 8.68. The van der Waals surface area contributed by atoms with Gasteiger partial charge in [0.25, 0.3) is 0 Å². The van der Waals surface area contributed by atoms with E-state index in [0.717, 1.165) is 0 Å². The molecule has 0 saturated carbocycles. The van der Waals surface area contributed by atoms with E-state index in [1.54, 1.807) is 0 Å². The standard InChI is InChI=1S/C2H3O.CH4N.CH3.Y/c1-2-3;1-2;;/h1H3;2H,1H3;1H3;/q3*-1;+3. The van der Waals surface area contributed by atoms with E-state index in [4.69, 9.17) is 10.5 Å². The molecule has 0 aromatic rings. The molecule has 0 unspecified atom stereocenters. The quantitative estimate of drug-likeness (QED) is 0.513. The van der Waals surface area contributed by atoms with Gasteiger partial charge in [0, 0.05) is 0 Å². The average Bonchev–Trinajstić information content (AvgIpc) is 1.46. The topological polar surface area (TPSA) is 40.9 Å². The summed E-state index contributed by atoms with van der Waals surface area (Å²) in [6, 6.07) is 0. The first-order chi connectivity index (χ1) is 2.41. The van der Waals surface area contributed by atoms with E-state index in [-0.39, 0.29) is 40.1 Å². The largest absolute Gasteiger partial charge is 3.00 e. The van der Waals surface area contributed by atoms with E-state index >= 15 is 0 Å².